The Balaban J connectivity index is 1.35. The number of hydrogen-bond acceptors (Lipinski definition) is 7. The predicted molar refractivity (Wildman–Crippen MR) is 139 cm³/mol. The van der Waals surface area contributed by atoms with Gasteiger partial charge in [0, 0.05) is 37.8 Å². The Morgan fingerprint density at radius 2 is 1.74 bits per heavy atom. The van der Waals surface area contributed by atoms with Gasteiger partial charge in [-0.1, -0.05) is 0 Å². The first kappa shape index (κ1) is 26.2. The molecule has 206 valence electrons. The molecule has 2 aromatic carbocycles. The fraction of sp³-hybridized carbons (Fsp3) is 0.360. The number of carbonyl (C=O) groups excluding carboxylic acids is 3. The molecule has 2 aliphatic rings. The summed E-state index contributed by atoms with van der Waals surface area (Å²) in [5.74, 6) is -2.38. The molecule has 5 rings (SSSR count). The molecule has 3 heterocycles. The van der Waals surface area contributed by atoms with Gasteiger partial charge in [0.2, 0.25) is 11.8 Å². The minimum atomic E-state index is -0.854. The number of halogens is 2. The molecule has 2 aliphatic heterocycles. The summed E-state index contributed by atoms with van der Waals surface area (Å²) >= 11 is 0. The van der Waals surface area contributed by atoms with Gasteiger partial charge < -0.3 is 26.0 Å². The number of rotatable bonds is 6. The van der Waals surface area contributed by atoms with Crippen molar-refractivity contribution in [2.45, 2.75) is 26.1 Å². The van der Waals surface area contributed by atoms with E-state index in [1.54, 1.807) is 22.9 Å². The molecule has 0 saturated carbocycles. The smallest absolute Gasteiger partial charge is 0.414 e. The van der Waals surface area contributed by atoms with Crippen molar-refractivity contribution < 1.29 is 27.9 Å². The molecular formula is C25H27F2N7O5. The van der Waals surface area contributed by atoms with Crippen LogP contribution < -0.4 is 31.7 Å². The second-order valence-corrected chi connectivity index (χ2v) is 9.33. The van der Waals surface area contributed by atoms with Crippen molar-refractivity contribution in [2.24, 2.45) is 5.73 Å². The third-order valence-corrected chi connectivity index (χ3v) is 6.75. The number of aromatic nitrogens is 2. The van der Waals surface area contributed by atoms with Gasteiger partial charge in [-0.25, -0.2) is 18.3 Å². The SMILES string of the molecule is CC(=O)NC[C@H]1CN(c2cc(F)c(N3CCn4c(=O)c5cc(NC(=O)CN)ccc5n4CC3)c(F)c2)C(=O)O1. The van der Waals surface area contributed by atoms with Gasteiger partial charge in [0.15, 0.2) is 11.6 Å². The number of hydrogen-bond donors (Lipinski definition) is 3. The van der Waals surface area contributed by atoms with Crippen molar-refractivity contribution in [2.75, 3.05) is 47.8 Å². The molecule has 1 saturated heterocycles. The van der Waals surface area contributed by atoms with Gasteiger partial charge >= 0.3 is 6.09 Å². The van der Waals surface area contributed by atoms with E-state index in [9.17, 15) is 19.2 Å². The molecule has 39 heavy (non-hydrogen) atoms. The average molecular weight is 544 g/mol. The standard InChI is InChI=1S/C25H27F2N7O5/c1-14(35)29-12-17-13-32(25(38)39-17)16-9-19(26)23(20(27)10-16)31-4-6-33-21-3-2-15(30-22(36)11-28)8-18(21)24(37)34(33)7-5-31/h2-3,8-10,17H,4-7,11-13,28H2,1H3,(H,29,35)(H,30,36)/t17-/m0/s1. The molecular weight excluding hydrogens is 516 g/mol. The molecule has 1 aromatic heterocycles. The normalized spacial score (nSPS) is 17.1. The number of nitrogens with zero attached hydrogens (tertiary/aromatic N) is 4. The Hall–Kier alpha value is -4.46. The van der Waals surface area contributed by atoms with Gasteiger partial charge in [-0.05, 0) is 18.2 Å². The van der Waals surface area contributed by atoms with Gasteiger partial charge in [0.1, 0.15) is 11.8 Å². The largest absolute Gasteiger partial charge is 0.442 e. The first-order valence-electron chi connectivity index (χ1n) is 12.4. The first-order chi connectivity index (χ1) is 18.7. The van der Waals surface area contributed by atoms with Crippen LogP contribution in [-0.2, 0) is 27.4 Å². The Morgan fingerprint density at radius 3 is 2.41 bits per heavy atom. The van der Waals surface area contributed by atoms with Crippen LogP contribution in [0, 0.1) is 11.6 Å². The highest BCUT2D eigenvalue weighted by molar-refractivity contribution is 5.94. The average Bonchev–Trinajstić information content (AvgIpc) is 3.29. The maximum atomic E-state index is 15.3. The van der Waals surface area contributed by atoms with Crippen LogP contribution in [-0.4, -0.2) is 66.1 Å². The number of carbonyl (C=O) groups is 3. The first-order valence-corrected chi connectivity index (χ1v) is 12.4. The Morgan fingerprint density at radius 1 is 1.05 bits per heavy atom. The van der Waals surface area contributed by atoms with Crippen LogP contribution in [0.3, 0.4) is 0 Å². The predicted octanol–water partition coefficient (Wildman–Crippen LogP) is 0.960. The van der Waals surface area contributed by atoms with Crippen molar-refractivity contribution in [1.82, 2.24) is 14.7 Å². The molecule has 1 atom stereocenters. The molecule has 0 aliphatic carbocycles. The second kappa shape index (κ2) is 10.4. The van der Waals surface area contributed by atoms with Crippen molar-refractivity contribution in [1.29, 1.82) is 0 Å². The third-order valence-electron chi connectivity index (χ3n) is 6.75. The monoisotopic (exact) mass is 543 g/mol. The minimum Gasteiger partial charge on any atom is -0.442 e. The van der Waals surface area contributed by atoms with Crippen molar-refractivity contribution in [3.8, 4) is 0 Å². The molecule has 4 N–H and O–H groups in total. The summed E-state index contributed by atoms with van der Waals surface area (Å²) in [5.41, 5.74) is 5.88. The van der Waals surface area contributed by atoms with E-state index < -0.39 is 23.8 Å². The molecule has 14 heteroatoms. The van der Waals surface area contributed by atoms with E-state index in [1.165, 1.54) is 16.5 Å². The van der Waals surface area contributed by atoms with Crippen LogP contribution in [0.15, 0.2) is 35.1 Å². The van der Waals surface area contributed by atoms with E-state index in [0.29, 0.717) is 16.6 Å². The third kappa shape index (κ3) is 5.02. The van der Waals surface area contributed by atoms with Crippen LogP contribution >= 0.6 is 0 Å². The van der Waals surface area contributed by atoms with E-state index in [2.05, 4.69) is 10.6 Å². The topological polar surface area (TPSA) is 144 Å². The number of nitrogens with one attached hydrogen (secondary N) is 2. The zero-order valence-electron chi connectivity index (χ0n) is 21.1. The molecule has 0 bridgehead atoms. The lowest BCUT2D eigenvalue weighted by atomic mass is 10.2. The fourth-order valence-electron chi connectivity index (χ4n) is 4.94. The van der Waals surface area contributed by atoms with E-state index in [0.717, 1.165) is 17.0 Å². The summed E-state index contributed by atoms with van der Waals surface area (Å²) in [5, 5.41) is 5.58. The molecule has 0 radical (unpaired) electrons. The van der Waals surface area contributed by atoms with Gasteiger partial charge in [0.25, 0.3) is 5.56 Å². The quantitative estimate of drug-likeness (QED) is 0.420. The highest BCUT2D eigenvalue weighted by Gasteiger charge is 2.34. The van der Waals surface area contributed by atoms with E-state index in [-0.39, 0.29) is 74.6 Å². The maximum Gasteiger partial charge on any atom is 0.414 e. The Kier molecular flexibility index (Phi) is 6.95. The van der Waals surface area contributed by atoms with Gasteiger partial charge in [-0.2, -0.15) is 0 Å². The summed E-state index contributed by atoms with van der Waals surface area (Å²) in [6, 6.07) is 7.10. The number of nitrogens with two attached hydrogens (primary N) is 1. The number of cyclic esters (lactones) is 1. The van der Waals surface area contributed by atoms with Crippen molar-refractivity contribution in [3.63, 3.8) is 0 Å². The Bertz CT molecular complexity index is 1510. The summed E-state index contributed by atoms with van der Waals surface area (Å²) in [7, 11) is 0. The number of amides is 3. The molecule has 0 unspecified atom stereocenters. The van der Waals surface area contributed by atoms with Crippen LogP contribution in [0.25, 0.3) is 10.9 Å². The lowest BCUT2D eigenvalue weighted by Crippen LogP contribution is -2.33. The number of ether oxygens (including phenoxy) is 1. The fourth-order valence-corrected chi connectivity index (χ4v) is 4.94. The van der Waals surface area contributed by atoms with Crippen LogP contribution in [0.5, 0.6) is 0 Å². The van der Waals surface area contributed by atoms with Crippen molar-refractivity contribution >= 4 is 45.9 Å². The van der Waals surface area contributed by atoms with Gasteiger partial charge in [0.05, 0.1) is 49.3 Å². The number of benzene rings is 2. The lowest BCUT2D eigenvalue weighted by Gasteiger charge is -2.24. The molecule has 3 amide bonds. The van der Waals surface area contributed by atoms with E-state index in [1.807, 2.05) is 0 Å². The summed E-state index contributed by atoms with van der Waals surface area (Å²) < 4.78 is 39.0. The van der Waals surface area contributed by atoms with Crippen LogP contribution in [0.1, 0.15) is 6.92 Å². The summed E-state index contributed by atoms with van der Waals surface area (Å²) in [6.07, 6.45) is -1.41. The second-order valence-electron chi connectivity index (χ2n) is 9.33. The summed E-state index contributed by atoms with van der Waals surface area (Å²) in [4.78, 5) is 50.8. The Labute approximate surface area is 220 Å². The molecule has 1 fully saturated rings. The number of fused-ring (bicyclic) bond motifs is 3. The molecule has 3 aromatic rings. The van der Waals surface area contributed by atoms with Gasteiger partial charge in [-0.3, -0.25) is 24.0 Å². The summed E-state index contributed by atoms with van der Waals surface area (Å²) in [6.45, 7) is 2.08. The lowest BCUT2D eigenvalue weighted by molar-refractivity contribution is -0.119. The van der Waals surface area contributed by atoms with E-state index in [4.69, 9.17) is 10.5 Å². The molecule has 0 spiro atoms. The van der Waals surface area contributed by atoms with Crippen molar-refractivity contribution in [3.05, 3.63) is 52.3 Å². The van der Waals surface area contributed by atoms with E-state index >= 15 is 8.78 Å². The zero-order chi connectivity index (χ0) is 27.8. The number of anilines is 3. The zero-order valence-corrected chi connectivity index (χ0v) is 21.1. The van der Waals surface area contributed by atoms with Crippen LogP contribution in [0.4, 0.5) is 30.6 Å². The van der Waals surface area contributed by atoms with Gasteiger partial charge in [-0.15, -0.1) is 0 Å². The molecule has 12 nitrogen and oxygen atoms in total. The highest BCUT2D eigenvalue weighted by atomic mass is 19.1. The maximum absolute atomic E-state index is 15.3. The van der Waals surface area contributed by atoms with Crippen LogP contribution in [0.2, 0.25) is 0 Å². The highest BCUT2D eigenvalue weighted by Crippen LogP contribution is 2.32. The minimum absolute atomic E-state index is 0.00454.